The van der Waals surface area contributed by atoms with Crippen LogP contribution >= 0.6 is 0 Å². The molecule has 0 amide bonds. The highest BCUT2D eigenvalue weighted by Gasteiger charge is 2.35. The van der Waals surface area contributed by atoms with Crippen LogP contribution in [0.2, 0.25) is 0 Å². The van der Waals surface area contributed by atoms with Crippen molar-refractivity contribution in [1.82, 2.24) is 0 Å². The molecule has 166 valence electrons. The molecule has 1 aliphatic heterocycles. The molecule has 0 aliphatic carbocycles. The first-order valence-corrected chi connectivity index (χ1v) is 11.0. The second kappa shape index (κ2) is 10.4. The van der Waals surface area contributed by atoms with E-state index in [0.717, 1.165) is 37.9 Å². The maximum atomic E-state index is 13.1. The van der Waals surface area contributed by atoms with Gasteiger partial charge in [-0.15, -0.1) is 0 Å². The van der Waals surface area contributed by atoms with E-state index in [9.17, 15) is 9.90 Å². The van der Waals surface area contributed by atoms with Gasteiger partial charge in [0.2, 0.25) is 0 Å². The lowest BCUT2D eigenvalue weighted by molar-refractivity contribution is -0.942. The van der Waals surface area contributed by atoms with Gasteiger partial charge in [-0.3, -0.25) is 0 Å². The van der Waals surface area contributed by atoms with Crippen molar-refractivity contribution in [3.63, 3.8) is 0 Å². The van der Waals surface area contributed by atoms with E-state index < -0.39 is 0 Å². The van der Waals surface area contributed by atoms with Gasteiger partial charge in [-0.25, -0.2) is 4.79 Å². The van der Waals surface area contributed by atoms with E-state index in [1.54, 1.807) is 25.3 Å². The molecule has 1 atom stereocenters. The lowest BCUT2D eigenvalue weighted by atomic mass is 10.1. The number of likely N-dealkylation sites (tertiary alicyclic amines) is 1. The molecule has 2 aromatic carbocycles. The Morgan fingerprint density at radius 1 is 1.06 bits per heavy atom. The number of rotatable bonds is 8. The van der Waals surface area contributed by atoms with Gasteiger partial charge in [0, 0.05) is 5.56 Å². The number of piperidine rings is 1. The molecular weight excluding hydrogens is 392 g/mol. The first-order valence-electron chi connectivity index (χ1n) is 11.0. The van der Waals surface area contributed by atoms with E-state index in [4.69, 9.17) is 9.47 Å². The topological polar surface area (TPSA) is 71.0 Å². The van der Waals surface area contributed by atoms with Crippen molar-refractivity contribution in [3.05, 3.63) is 65.2 Å². The fourth-order valence-corrected chi connectivity index (χ4v) is 4.14. The number of ether oxygens (including phenoxy) is 2. The number of nitrogens with zero attached hydrogens (tertiary/aromatic N) is 2. The number of quaternary nitrogens is 1. The maximum absolute atomic E-state index is 13.1. The van der Waals surface area contributed by atoms with Gasteiger partial charge < -0.3 is 14.6 Å². The van der Waals surface area contributed by atoms with Crippen LogP contribution in [0.5, 0.6) is 5.75 Å². The van der Waals surface area contributed by atoms with E-state index in [0.29, 0.717) is 29.8 Å². The van der Waals surface area contributed by atoms with E-state index >= 15 is 0 Å². The Balaban J connectivity index is 1.84. The Hall–Kier alpha value is -2.86. The number of hydrogen-bond donors (Lipinski definition) is 0. The van der Waals surface area contributed by atoms with Gasteiger partial charge >= 0.3 is 5.97 Å². The third kappa shape index (κ3) is 5.64. The molecule has 3 rings (SSSR count). The van der Waals surface area contributed by atoms with Gasteiger partial charge in [0.1, 0.15) is 25.4 Å². The van der Waals surface area contributed by atoms with Gasteiger partial charge in [0.25, 0.3) is 0 Å². The molecular formula is C25H32N2O4. The molecule has 6 nitrogen and oxygen atoms in total. The number of carbonyl (C=O) groups excluding carboxylic acids is 1. The quantitative estimate of drug-likeness (QED) is 0.281. The third-order valence-electron chi connectivity index (χ3n) is 5.93. The lowest BCUT2D eigenvalue weighted by Crippen LogP contribution is -2.53. The molecule has 1 aliphatic rings. The van der Waals surface area contributed by atoms with Gasteiger partial charge in [-0.1, -0.05) is 48.4 Å². The minimum Gasteiger partial charge on any atom is -0.854 e. The van der Waals surface area contributed by atoms with Crippen molar-refractivity contribution >= 4 is 11.9 Å². The van der Waals surface area contributed by atoms with Crippen LogP contribution in [-0.4, -0.2) is 49.3 Å². The number of benzene rings is 2. The molecule has 0 saturated carbocycles. The van der Waals surface area contributed by atoms with Crippen LogP contribution in [0.4, 0.5) is 0 Å². The van der Waals surface area contributed by atoms with Crippen LogP contribution in [0.25, 0.3) is 0 Å². The largest absolute Gasteiger partial charge is 0.854 e. The fraction of sp³-hybridized carbons (Fsp3) is 0.440. The van der Waals surface area contributed by atoms with E-state index in [2.05, 4.69) is 5.10 Å². The Bertz CT molecular complexity index is 919. The molecule has 0 radical (unpaired) electrons. The highest BCUT2D eigenvalue weighted by Crippen LogP contribution is 2.25. The number of hydrogen-bond acceptors (Lipinski definition) is 5. The van der Waals surface area contributed by atoms with Crippen LogP contribution in [0.3, 0.4) is 0 Å². The van der Waals surface area contributed by atoms with E-state index in [1.807, 2.05) is 44.2 Å². The summed E-state index contributed by atoms with van der Waals surface area (Å²) < 4.78 is 11.5. The Labute approximate surface area is 184 Å². The normalized spacial score (nSPS) is 17.1. The summed E-state index contributed by atoms with van der Waals surface area (Å²) >= 11 is 0. The maximum Gasteiger partial charge on any atom is 0.338 e. The predicted molar refractivity (Wildman–Crippen MR) is 119 cm³/mol. The first kappa shape index (κ1) is 22.8. The zero-order chi connectivity index (χ0) is 22.3. The summed E-state index contributed by atoms with van der Waals surface area (Å²) in [7, 11) is 1.55. The highest BCUT2D eigenvalue weighted by molar-refractivity contribution is 5.93. The molecule has 0 bridgehead atoms. The number of para-hydroxylation sites is 1. The minimum atomic E-state index is -0.323. The summed E-state index contributed by atoms with van der Waals surface area (Å²) in [6, 6.07) is 14.6. The summed E-state index contributed by atoms with van der Waals surface area (Å²) in [5.41, 5.74) is 1.92. The summed E-state index contributed by atoms with van der Waals surface area (Å²) in [5.74, 6) is -0.0972. The fourth-order valence-electron chi connectivity index (χ4n) is 4.14. The molecule has 1 unspecified atom stereocenters. The van der Waals surface area contributed by atoms with Crippen LogP contribution in [0.15, 0.2) is 53.6 Å². The summed E-state index contributed by atoms with van der Waals surface area (Å²) in [5, 5.41) is 17.7. The van der Waals surface area contributed by atoms with Crippen molar-refractivity contribution in [3.8, 4) is 5.75 Å². The number of esters is 1. The van der Waals surface area contributed by atoms with Crippen LogP contribution < -0.4 is 9.84 Å². The molecule has 1 saturated heterocycles. The molecule has 31 heavy (non-hydrogen) atoms. The van der Waals surface area contributed by atoms with E-state index in [1.165, 1.54) is 0 Å². The molecule has 0 aromatic heterocycles. The Kier molecular flexibility index (Phi) is 7.69. The van der Waals surface area contributed by atoms with Gasteiger partial charge in [-0.2, -0.15) is 4.59 Å². The van der Waals surface area contributed by atoms with Crippen molar-refractivity contribution in [1.29, 1.82) is 0 Å². The van der Waals surface area contributed by atoms with Gasteiger partial charge in [-0.05, 0) is 50.3 Å². The minimum absolute atomic E-state index is 0.288. The molecule has 1 fully saturated rings. The van der Waals surface area contributed by atoms with Crippen LogP contribution in [0.1, 0.15) is 54.1 Å². The lowest BCUT2D eigenvalue weighted by Gasteiger charge is -2.39. The number of aryl methyl sites for hydroxylation is 1. The predicted octanol–water partition coefficient (Wildman–Crippen LogP) is 3.66. The monoisotopic (exact) mass is 424 g/mol. The highest BCUT2D eigenvalue weighted by atomic mass is 16.5. The number of carbonyl (C=O) groups is 1. The first-order chi connectivity index (χ1) is 15.0. The van der Waals surface area contributed by atoms with Crippen LogP contribution in [-0.2, 0) is 4.74 Å². The summed E-state index contributed by atoms with van der Waals surface area (Å²) in [6.07, 6.45) is 3.45. The molecule has 1 heterocycles. The van der Waals surface area contributed by atoms with Crippen molar-refractivity contribution < 1.29 is 24.0 Å². The van der Waals surface area contributed by atoms with Crippen LogP contribution in [0, 0.1) is 6.92 Å². The molecule has 0 spiro atoms. The third-order valence-corrected chi connectivity index (χ3v) is 5.93. The smallest absolute Gasteiger partial charge is 0.338 e. The second-order valence-electron chi connectivity index (χ2n) is 8.14. The Morgan fingerprint density at radius 2 is 1.71 bits per heavy atom. The standard InChI is InChI=1S/C25H32N2O4/c1-4-20(31-25(29)21-13-7-6-12-19(21)2)18-27(16-10-5-11-17-27)26-24(28)22-14-8-9-15-23(22)30-3/h6-9,12-15,20H,4-5,10-11,16-18H2,1-3H3. The SMILES string of the molecule is CCC(C[N+]1(N=C([O-])c2ccccc2OC)CCCCC1)OC(=O)c1ccccc1C. The van der Waals surface area contributed by atoms with Crippen molar-refractivity contribution in [2.75, 3.05) is 26.7 Å². The second-order valence-corrected chi connectivity index (χ2v) is 8.14. The zero-order valence-corrected chi connectivity index (χ0v) is 18.7. The van der Waals surface area contributed by atoms with Crippen molar-refractivity contribution in [2.45, 2.75) is 45.6 Å². The zero-order valence-electron chi connectivity index (χ0n) is 18.7. The van der Waals surface area contributed by atoms with Crippen molar-refractivity contribution in [2.24, 2.45) is 5.10 Å². The molecule has 0 N–H and O–H groups in total. The molecule has 2 aromatic rings. The Morgan fingerprint density at radius 3 is 2.35 bits per heavy atom. The average Bonchev–Trinajstić information content (AvgIpc) is 2.79. The summed E-state index contributed by atoms with van der Waals surface area (Å²) in [6.45, 7) is 5.92. The summed E-state index contributed by atoms with van der Waals surface area (Å²) in [4.78, 5) is 12.8. The average molecular weight is 425 g/mol. The number of methoxy groups -OCH3 is 1. The molecule has 6 heteroatoms. The van der Waals surface area contributed by atoms with Gasteiger partial charge in [0.15, 0.2) is 6.10 Å². The van der Waals surface area contributed by atoms with Gasteiger partial charge in [0.05, 0.1) is 18.6 Å². The van der Waals surface area contributed by atoms with E-state index in [-0.39, 0.29) is 22.6 Å².